The van der Waals surface area contributed by atoms with Crippen LogP contribution in [0.1, 0.15) is 29.6 Å². The van der Waals surface area contributed by atoms with Crippen molar-refractivity contribution in [3.63, 3.8) is 0 Å². The molecule has 1 aliphatic heterocycles. The summed E-state index contributed by atoms with van der Waals surface area (Å²) in [5.41, 5.74) is -0.0568. The van der Waals surface area contributed by atoms with Crippen LogP contribution in [0.2, 0.25) is 0 Å². The largest absolute Gasteiger partial charge is 0.478 e. The van der Waals surface area contributed by atoms with Gasteiger partial charge >= 0.3 is 5.97 Å². The van der Waals surface area contributed by atoms with Crippen LogP contribution < -0.4 is 5.32 Å². The van der Waals surface area contributed by atoms with Gasteiger partial charge in [-0.05, 0) is 31.0 Å². The van der Waals surface area contributed by atoms with E-state index < -0.39 is 15.8 Å². The van der Waals surface area contributed by atoms with Crippen LogP contribution in [0, 0.1) is 0 Å². The zero-order valence-electron chi connectivity index (χ0n) is 12.0. The molecule has 1 heterocycles. The number of ether oxygens (including phenoxy) is 1. The number of nitrogens with one attached hydrogen (secondary N) is 1. The molecule has 1 unspecified atom stereocenters. The first-order valence-corrected chi connectivity index (χ1v) is 8.65. The molecule has 7 nitrogen and oxygen atoms in total. The molecule has 0 bridgehead atoms. The van der Waals surface area contributed by atoms with Gasteiger partial charge in [-0.25, -0.2) is 13.2 Å². The van der Waals surface area contributed by atoms with Crippen LogP contribution in [0.25, 0.3) is 0 Å². The van der Waals surface area contributed by atoms with Gasteiger partial charge in [-0.3, -0.25) is 4.79 Å². The molecule has 8 heteroatoms. The molecule has 0 radical (unpaired) electrons. The molecule has 120 valence electrons. The summed E-state index contributed by atoms with van der Waals surface area (Å²) in [6.07, 6.45) is 2.70. The number of aromatic carboxylic acids is 1. The van der Waals surface area contributed by atoms with E-state index in [-0.39, 0.29) is 34.6 Å². The second kappa shape index (κ2) is 6.45. The van der Waals surface area contributed by atoms with Gasteiger partial charge in [0, 0.05) is 18.6 Å². The van der Waals surface area contributed by atoms with E-state index in [4.69, 9.17) is 9.84 Å². The Morgan fingerprint density at radius 3 is 2.64 bits per heavy atom. The second-order valence-electron chi connectivity index (χ2n) is 5.21. The number of amides is 1. The molecule has 1 aromatic rings. The first kappa shape index (κ1) is 16.4. The van der Waals surface area contributed by atoms with Gasteiger partial charge in [0.15, 0.2) is 9.84 Å². The van der Waals surface area contributed by atoms with Crippen LogP contribution in [0.15, 0.2) is 23.1 Å². The SMILES string of the molecule is CS(=O)(=O)c1cc(NC(=O)CC2CCCO2)cc(C(=O)O)c1. The van der Waals surface area contributed by atoms with E-state index in [1.165, 1.54) is 12.1 Å². The van der Waals surface area contributed by atoms with E-state index in [0.717, 1.165) is 25.2 Å². The predicted octanol–water partition coefficient (Wildman–Crippen LogP) is 1.30. The zero-order valence-corrected chi connectivity index (χ0v) is 12.9. The number of carbonyl (C=O) groups is 2. The van der Waals surface area contributed by atoms with Crippen molar-refractivity contribution in [3.05, 3.63) is 23.8 Å². The van der Waals surface area contributed by atoms with Crippen LogP contribution in [0.5, 0.6) is 0 Å². The lowest BCUT2D eigenvalue weighted by Crippen LogP contribution is -2.19. The Kier molecular flexibility index (Phi) is 4.82. The van der Waals surface area contributed by atoms with Crippen molar-refractivity contribution in [3.8, 4) is 0 Å². The Balaban J connectivity index is 2.20. The Morgan fingerprint density at radius 2 is 2.09 bits per heavy atom. The molecule has 0 spiro atoms. The molecular weight excluding hydrogens is 310 g/mol. The van der Waals surface area contributed by atoms with Crippen LogP contribution in [-0.4, -0.2) is 44.4 Å². The maximum Gasteiger partial charge on any atom is 0.335 e. The van der Waals surface area contributed by atoms with Crippen LogP contribution in [-0.2, 0) is 19.4 Å². The van der Waals surface area contributed by atoms with E-state index >= 15 is 0 Å². The Bertz CT molecular complexity index is 691. The Hall–Kier alpha value is -1.93. The molecule has 1 fully saturated rings. The molecule has 1 aliphatic rings. The minimum absolute atomic E-state index is 0.142. The van der Waals surface area contributed by atoms with E-state index in [0.29, 0.717) is 6.61 Å². The summed E-state index contributed by atoms with van der Waals surface area (Å²) in [6.45, 7) is 0.630. The third kappa shape index (κ3) is 4.28. The van der Waals surface area contributed by atoms with Crippen molar-refractivity contribution >= 4 is 27.4 Å². The van der Waals surface area contributed by atoms with E-state index in [9.17, 15) is 18.0 Å². The highest BCUT2D eigenvalue weighted by atomic mass is 32.2. The number of rotatable bonds is 5. The van der Waals surface area contributed by atoms with Gasteiger partial charge in [-0.1, -0.05) is 0 Å². The molecule has 0 saturated carbocycles. The summed E-state index contributed by atoms with van der Waals surface area (Å²) >= 11 is 0. The molecule has 22 heavy (non-hydrogen) atoms. The molecular formula is C14H17NO6S. The fourth-order valence-corrected chi connectivity index (χ4v) is 2.91. The first-order chi connectivity index (χ1) is 10.3. The van der Waals surface area contributed by atoms with Gasteiger partial charge < -0.3 is 15.2 Å². The number of carboxylic acids is 1. The van der Waals surface area contributed by atoms with Crippen LogP contribution in [0.4, 0.5) is 5.69 Å². The second-order valence-corrected chi connectivity index (χ2v) is 7.23. The third-order valence-electron chi connectivity index (χ3n) is 3.30. The van der Waals surface area contributed by atoms with E-state index in [1.54, 1.807) is 0 Å². The van der Waals surface area contributed by atoms with Crippen molar-refractivity contribution in [1.82, 2.24) is 0 Å². The van der Waals surface area contributed by atoms with Crippen molar-refractivity contribution < 1.29 is 27.9 Å². The maximum atomic E-state index is 11.9. The summed E-state index contributed by atoms with van der Waals surface area (Å²) in [7, 11) is -3.58. The summed E-state index contributed by atoms with van der Waals surface area (Å²) in [5, 5.41) is 11.6. The number of carboxylic acid groups (broad SMARTS) is 1. The van der Waals surface area contributed by atoms with Crippen molar-refractivity contribution in [2.24, 2.45) is 0 Å². The molecule has 2 N–H and O–H groups in total. The number of hydrogen-bond donors (Lipinski definition) is 2. The molecule has 1 saturated heterocycles. The van der Waals surface area contributed by atoms with Gasteiger partial charge in [-0.15, -0.1) is 0 Å². The van der Waals surface area contributed by atoms with Crippen LogP contribution in [0.3, 0.4) is 0 Å². The Labute approximate surface area is 128 Å². The highest BCUT2D eigenvalue weighted by Crippen LogP contribution is 2.21. The third-order valence-corrected chi connectivity index (χ3v) is 4.39. The van der Waals surface area contributed by atoms with Gasteiger partial charge in [-0.2, -0.15) is 0 Å². The maximum absolute atomic E-state index is 11.9. The van der Waals surface area contributed by atoms with Crippen molar-refractivity contribution in [1.29, 1.82) is 0 Å². The van der Waals surface area contributed by atoms with Crippen LogP contribution >= 0.6 is 0 Å². The topological polar surface area (TPSA) is 110 Å². The lowest BCUT2D eigenvalue weighted by Gasteiger charge is -2.11. The minimum atomic E-state index is -3.58. The monoisotopic (exact) mass is 327 g/mol. The zero-order chi connectivity index (χ0) is 16.3. The number of anilines is 1. The standard InChI is InChI=1S/C14H17NO6S/c1-22(19,20)12-6-9(14(17)18)5-10(7-12)15-13(16)8-11-3-2-4-21-11/h5-7,11H,2-4,8H2,1H3,(H,15,16)(H,17,18). The smallest absolute Gasteiger partial charge is 0.335 e. The van der Waals surface area contributed by atoms with Crippen molar-refractivity contribution in [2.45, 2.75) is 30.3 Å². The van der Waals surface area contributed by atoms with Gasteiger partial charge in [0.2, 0.25) is 5.91 Å². The van der Waals surface area contributed by atoms with E-state index in [1.807, 2.05) is 0 Å². The minimum Gasteiger partial charge on any atom is -0.478 e. The summed E-state index contributed by atoms with van der Waals surface area (Å²) in [6, 6.07) is 3.53. The fraction of sp³-hybridized carbons (Fsp3) is 0.429. The Morgan fingerprint density at radius 1 is 1.36 bits per heavy atom. The molecule has 0 aromatic heterocycles. The lowest BCUT2D eigenvalue weighted by atomic mass is 10.1. The number of sulfone groups is 1. The van der Waals surface area contributed by atoms with Crippen molar-refractivity contribution in [2.75, 3.05) is 18.2 Å². The quantitative estimate of drug-likeness (QED) is 0.843. The molecule has 1 atom stereocenters. The fourth-order valence-electron chi connectivity index (χ4n) is 2.23. The van der Waals surface area contributed by atoms with Gasteiger partial charge in [0.05, 0.1) is 23.0 Å². The number of benzene rings is 1. The summed E-state index contributed by atoms with van der Waals surface area (Å²) in [4.78, 5) is 22.8. The van der Waals surface area contributed by atoms with E-state index in [2.05, 4.69) is 5.32 Å². The summed E-state index contributed by atoms with van der Waals surface area (Å²) < 4.78 is 28.5. The predicted molar refractivity (Wildman–Crippen MR) is 78.7 cm³/mol. The average Bonchev–Trinajstić information content (AvgIpc) is 2.89. The van der Waals surface area contributed by atoms with Gasteiger partial charge in [0.1, 0.15) is 0 Å². The average molecular weight is 327 g/mol. The molecule has 2 rings (SSSR count). The number of carbonyl (C=O) groups excluding carboxylic acids is 1. The first-order valence-electron chi connectivity index (χ1n) is 6.75. The molecule has 0 aliphatic carbocycles. The number of hydrogen-bond acceptors (Lipinski definition) is 5. The normalized spacial score (nSPS) is 18.1. The highest BCUT2D eigenvalue weighted by molar-refractivity contribution is 7.90. The molecule has 1 amide bonds. The molecule has 1 aromatic carbocycles. The lowest BCUT2D eigenvalue weighted by molar-refractivity contribution is -0.118. The highest BCUT2D eigenvalue weighted by Gasteiger charge is 2.20. The summed E-state index contributed by atoms with van der Waals surface area (Å²) in [5.74, 6) is -1.60. The van der Waals surface area contributed by atoms with Gasteiger partial charge in [0.25, 0.3) is 0 Å².